The Kier molecular flexibility index (Phi) is 5.56. The number of amides is 1. The Morgan fingerprint density at radius 3 is 2.83 bits per heavy atom. The summed E-state index contributed by atoms with van der Waals surface area (Å²) in [7, 11) is 0. The van der Waals surface area contributed by atoms with E-state index >= 15 is 0 Å². The number of pyridine rings is 2. The van der Waals surface area contributed by atoms with Crippen molar-refractivity contribution in [3.8, 4) is 0 Å². The quantitative estimate of drug-likeness (QED) is 0.471. The molecule has 0 aromatic carbocycles. The van der Waals surface area contributed by atoms with Gasteiger partial charge in [0.05, 0.1) is 16.7 Å². The molecule has 0 radical (unpaired) electrons. The zero-order valence-electron chi connectivity index (χ0n) is 12.3. The summed E-state index contributed by atoms with van der Waals surface area (Å²) in [5.74, 6) is -0.203. The second-order valence-electron chi connectivity index (χ2n) is 4.88. The molecule has 1 N–H and O–H groups in total. The number of rotatable bonds is 7. The molecule has 0 aliphatic heterocycles. The summed E-state index contributed by atoms with van der Waals surface area (Å²) in [5, 5.41) is 13.4. The Morgan fingerprint density at radius 2 is 2.13 bits per heavy atom. The molecule has 2 rings (SSSR count). The fraction of sp³-hybridized carbons (Fsp3) is 0.267. The minimum absolute atomic E-state index is 0.116. The third kappa shape index (κ3) is 4.73. The number of nitrogens with zero attached hydrogens (tertiary/aromatic N) is 3. The first-order chi connectivity index (χ1) is 11.1. The molecule has 1 amide bonds. The highest BCUT2D eigenvalue weighted by atomic mass is 16.6. The van der Waals surface area contributed by atoms with Crippen molar-refractivity contribution in [3.05, 3.63) is 68.9 Å². The zero-order chi connectivity index (χ0) is 16.7. The Balaban J connectivity index is 1.78. The lowest BCUT2D eigenvalue weighted by atomic mass is 10.2. The number of nitrogens with one attached hydrogen (secondary N) is 1. The molecule has 120 valence electrons. The highest BCUT2D eigenvalue weighted by molar-refractivity contribution is 5.93. The molecular formula is C15H16N4O4. The van der Waals surface area contributed by atoms with Gasteiger partial charge in [-0.05, 0) is 25.0 Å². The summed E-state index contributed by atoms with van der Waals surface area (Å²) in [6.45, 7) is 0.820. The first-order valence-electron chi connectivity index (χ1n) is 7.11. The van der Waals surface area contributed by atoms with E-state index in [0.29, 0.717) is 31.5 Å². The molecule has 0 saturated carbocycles. The monoisotopic (exact) mass is 316 g/mol. The van der Waals surface area contributed by atoms with Gasteiger partial charge in [-0.2, -0.15) is 0 Å². The van der Waals surface area contributed by atoms with Crippen molar-refractivity contribution in [1.29, 1.82) is 0 Å². The molecule has 23 heavy (non-hydrogen) atoms. The van der Waals surface area contributed by atoms with E-state index in [-0.39, 0.29) is 17.2 Å². The topological polar surface area (TPSA) is 107 Å². The van der Waals surface area contributed by atoms with Crippen molar-refractivity contribution in [2.45, 2.75) is 19.4 Å². The highest BCUT2D eigenvalue weighted by Crippen LogP contribution is 2.07. The van der Waals surface area contributed by atoms with Gasteiger partial charge >= 0.3 is 0 Å². The molecule has 2 aromatic rings. The van der Waals surface area contributed by atoms with Crippen molar-refractivity contribution >= 4 is 11.6 Å². The summed E-state index contributed by atoms with van der Waals surface area (Å²) in [6.07, 6.45) is 5.58. The van der Waals surface area contributed by atoms with Crippen LogP contribution >= 0.6 is 0 Å². The smallest absolute Gasteiger partial charge is 0.285 e. The first kappa shape index (κ1) is 16.3. The second-order valence-corrected chi connectivity index (χ2v) is 4.88. The lowest BCUT2D eigenvalue weighted by molar-refractivity contribution is -0.385. The van der Waals surface area contributed by atoms with Crippen molar-refractivity contribution < 1.29 is 9.72 Å². The van der Waals surface area contributed by atoms with E-state index in [1.165, 1.54) is 29.1 Å². The van der Waals surface area contributed by atoms with Gasteiger partial charge in [0.1, 0.15) is 0 Å². The summed E-state index contributed by atoms with van der Waals surface area (Å²) < 4.78 is 1.31. The van der Waals surface area contributed by atoms with Gasteiger partial charge in [0, 0.05) is 37.6 Å². The molecule has 8 nitrogen and oxygen atoms in total. The van der Waals surface area contributed by atoms with Crippen molar-refractivity contribution in [1.82, 2.24) is 14.9 Å². The average molecular weight is 316 g/mol. The number of carbonyl (C=O) groups excluding carboxylic acids is 1. The number of hydrogen-bond acceptors (Lipinski definition) is 5. The minimum atomic E-state index is -0.538. The van der Waals surface area contributed by atoms with Crippen LogP contribution in [-0.4, -0.2) is 26.9 Å². The van der Waals surface area contributed by atoms with E-state index in [1.807, 2.05) is 0 Å². The van der Waals surface area contributed by atoms with Gasteiger partial charge in [-0.25, -0.2) is 0 Å². The molecule has 0 fully saturated rings. The van der Waals surface area contributed by atoms with E-state index in [9.17, 15) is 19.7 Å². The third-order valence-electron chi connectivity index (χ3n) is 3.21. The first-order valence-corrected chi connectivity index (χ1v) is 7.11. The van der Waals surface area contributed by atoms with Crippen LogP contribution in [0.1, 0.15) is 23.2 Å². The summed E-state index contributed by atoms with van der Waals surface area (Å²) >= 11 is 0. The highest BCUT2D eigenvalue weighted by Gasteiger charge is 2.07. The molecule has 0 unspecified atom stereocenters. The van der Waals surface area contributed by atoms with Gasteiger partial charge in [-0.15, -0.1) is 0 Å². The van der Waals surface area contributed by atoms with Crippen LogP contribution in [0.2, 0.25) is 0 Å². The molecule has 8 heteroatoms. The molecule has 2 heterocycles. The van der Waals surface area contributed by atoms with Gasteiger partial charge < -0.3 is 9.88 Å². The maximum Gasteiger partial charge on any atom is 0.285 e. The van der Waals surface area contributed by atoms with Gasteiger partial charge in [0.2, 0.25) is 0 Å². The molecule has 0 aliphatic carbocycles. The van der Waals surface area contributed by atoms with Gasteiger partial charge in [-0.1, -0.05) is 0 Å². The number of aryl methyl sites for hydroxylation is 1. The Bertz CT molecular complexity index is 743. The van der Waals surface area contributed by atoms with E-state index < -0.39 is 4.92 Å². The molecule has 0 atom stereocenters. The Hall–Kier alpha value is -3.03. The van der Waals surface area contributed by atoms with Crippen LogP contribution in [0.5, 0.6) is 0 Å². The molecule has 2 aromatic heterocycles. The number of aromatic nitrogens is 2. The average Bonchev–Trinajstić information content (AvgIpc) is 2.56. The van der Waals surface area contributed by atoms with Crippen LogP contribution in [0.4, 0.5) is 5.69 Å². The van der Waals surface area contributed by atoms with Crippen molar-refractivity contribution in [2.24, 2.45) is 0 Å². The molecule has 0 spiro atoms. The predicted octanol–water partition coefficient (Wildman–Crippen LogP) is 1.36. The van der Waals surface area contributed by atoms with E-state index in [1.54, 1.807) is 18.3 Å². The molecule has 0 aliphatic rings. The maximum atomic E-state index is 11.8. The lowest BCUT2D eigenvalue weighted by Gasteiger charge is -2.06. The van der Waals surface area contributed by atoms with Gasteiger partial charge in [-0.3, -0.25) is 24.7 Å². The van der Waals surface area contributed by atoms with E-state index in [0.717, 1.165) is 0 Å². The Labute approximate surface area is 131 Å². The number of nitro groups is 1. The van der Waals surface area contributed by atoms with E-state index in [4.69, 9.17) is 0 Å². The van der Waals surface area contributed by atoms with Crippen LogP contribution in [0.3, 0.4) is 0 Å². The third-order valence-corrected chi connectivity index (χ3v) is 3.21. The summed E-state index contributed by atoms with van der Waals surface area (Å²) in [6, 6.07) is 5.73. The maximum absolute atomic E-state index is 11.8. The number of carbonyl (C=O) groups is 1. The zero-order valence-corrected chi connectivity index (χ0v) is 12.3. The van der Waals surface area contributed by atoms with Crippen LogP contribution < -0.4 is 10.9 Å². The Morgan fingerprint density at radius 1 is 1.30 bits per heavy atom. The number of hydrogen-bond donors (Lipinski definition) is 1. The normalized spacial score (nSPS) is 10.3. The summed E-state index contributed by atoms with van der Waals surface area (Å²) in [5.41, 5.74) is 0.0897. The lowest BCUT2D eigenvalue weighted by Crippen LogP contribution is -2.25. The van der Waals surface area contributed by atoms with Crippen LogP contribution in [0.15, 0.2) is 47.7 Å². The predicted molar refractivity (Wildman–Crippen MR) is 83.2 cm³/mol. The minimum Gasteiger partial charge on any atom is -0.352 e. The fourth-order valence-corrected chi connectivity index (χ4v) is 2.01. The van der Waals surface area contributed by atoms with Crippen LogP contribution in [-0.2, 0) is 6.54 Å². The van der Waals surface area contributed by atoms with Crippen LogP contribution in [0, 0.1) is 10.1 Å². The molecule has 0 saturated heterocycles. The molecular weight excluding hydrogens is 300 g/mol. The van der Waals surface area contributed by atoms with Gasteiger partial charge in [0.25, 0.3) is 17.2 Å². The van der Waals surface area contributed by atoms with Crippen molar-refractivity contribution in [3.63, 3.8) is 0 Å². The largest absolute Gasteiger partial charge is 0.352 e. The van der Waals surface area contributed by atoms with Crippen molar-refractivity contribution in [2.75, 3.05) is 6.54 Å². The SMILES string of the molecule is O=C(NCCCCn1cc([N+](=O)[O-])ccc1=O)c1cccnc1. The van der Waals surface area contributed by atoms with Crippen LogP contribution in [0.25, 0.3) is 0 Å². The molecule has 0 bridgehead atoms. The summed E-state index contributed by atoms with van der Waals surface area (Å²) in [4.78, 5) is 37.4. The second kappa shape index (κ2) is 7.83. The standard InChI is InChI=1S/C15H16N4O4/c20-14-6-5-13(19(22)23)11-18(14)9-2-1-8-17-15(21)12-4-3-7-16-10-12/h3-7,10-11H,1-2,8-9H2,(H,17,21). The fourth-order valence-electron chi connectivity index (χ4n) is 2.01. The van der Waals surface area contributed by atoms with E-state index in [2.05, 4.69) is 10.3 Å². The number of unbranched alkanes of at least 4 members (excludes halogenated alkanes) is 1. The van der Waals surface area contributed by atoms with Gasteiger partial charge in [0.15, 0.2) is 0 Å².